The number of hydrogen-bond acceptors (Lipinski definition) is 1. The van der Waals surface area contributed by atoms with Gasteiger partial charge in [-0.25, -0.2) is 4.39 Å². The Morgan fingerprint density at radius 2 is 1.63 bits per heavy atom. The summed E-state index contributed by atoms with van der Waals surface area (Å²) in [6, 6.07) is 14.1. The predicted octanol–water partition coefficient (Wildman–Crippen LogP) is 4.59. The van der Waals surface area contributed by atoms with Crippen LogP contribution in [0.5, 0.6) is 0 Å². The Morgan fingerprint density at radius 3 is 2.26 bits per heavy atom. The number of carbonyl (C=O) groups is 1. The van der Waals surface area contributed by atoms with Gasteiger partial charge in [-0.15, -0.1) is 0 Å². The second-order valence-electron chi connectivity index (χ2n) is 4.01. The Labute approximate surface area is 114 Å². The number of hydrogen-bond donors (Lipinski definition) is 0. The summed E-state index contributed by atoms with van der Waals surface area (Å²) in [7, 11) is 0. The monoisotopic (exact) mass is 258 g/mol. The predicted molar refractivity (Wildman–Crippen MR) is 77.0 cm³/mol. The molecule has 0 amide bonds. The van der Waals surface area contributed by atoms with Gasteiger partial charge in [-0.2, -0.15) is 0 Å². The first-order chi connectivity index (χ1) is 9.18. The number of benzene rings is 2. The maximum absolute atomic E-state index is 13.7. The van der Waals surface area contributed by atoms with Crippen molar-refractivity contribution in [1.29, 1.82) is 0 Å². The zero-order valence-corrected chi connectivity index (χ0v) is 11.6. The molecule has 0 aliphatic rings. The SMILES string of the molecule is CC.Cc1cccc(CC(=O)c2ccccc2)c1F. The standard InChI is InChI=1S/C15H13FO.C2H6/c1-11-6-5-9-13(15(11)16)10-14(17)12-7-3-2-4-8-12;1-2/h2-9H,10H2,1H3;1-2H3. The van der Waals surface area contributed by atoms with Crippen LogP contribution in [0.2, 0.25) is 0 Å². The smallest absolute Gasteiger partial charge is 0.167 e. The van der Waals surface area contributed by atoms with E-state index in [1.807, 2.05) is 19.9 Å². The zero-order valence-electron chi connectivity index (χ0n) is 11.6. The van der Waals surface area contributed by atoms with Crippen molar-refractivity contribution in [1.82, 2.24) is 0 Å². The molecule has 0 fully saturated rings. The summed E-state index contributed by atoms with van der Waals surface area (Å²) in [6.07, 6.45) is 0.109. The van der Waals surface area contributed by atoms with Gasteiger partial charge in [-0.1, -0.05) is 62.4 Å². The molecule has 1 nitrogen and oxygen atoms in total. The van der Waals surface area contributed by atoms with Crippen LogP contribution in [-0.4, -0.2) is 5.78 Å². The highest BCUT2D eigenvalue weighted by atomic mass is 19.1. The molecule has 0 aliphatic carbocycles. The van der Waals surface area contributed by atoms with E-state index in [0.717, 1.165) is 0 Å². The van der Waals surface area contributed by atoms with E-state index < -0.39 is 0 Å². The van der Waals surface area contributed by atoms with Crippen LogP contribution in [0.1, 0.15) is 35.3 Å². The molecule has 0 atom stereocenters. The van der Waals surface area contributed by atoms with Gasteiger partial charge in [0.05, 0.1) is 0 Å². The Hall–Kier alpha value is -1.96. The lowest BCUT2D eigenvalue weighted by Crippen LogP contribution is -2.05. The first-order valence-corrected chi connectivity index (χ1v) is 6.50. The molecule has 0 saturated carbocycles. The molecule has 0 spiro atoms. The first kappa shape index (κ1) is 15.1. The number of carbonyl (C=O) groups excluding carboxylic acids is 1. The van der Waals surface area contributed by atoms with E-state index in [-0.39, 0.29) is 18.0 Å². The van der Waals surface area contributed by atoms with Gasteiger partial charge in [0.15, 0.2) is 5.78 Å². The summed E-state index contributed by atoms with van der Waals surface area (Å²) in [5.41, 5.74) is 1.65. The van der Waals surface area contributed by atoms with Crippen molar-refractivity contribution in [2.24, 2.45) is 0 Å². The molecule has 0 unspecified atom stereocenters. The summed E-state index contributed by atoms with van der Waals surface area (Å²) >= 11 is 0. The lowest BCUT2D eigenvalue weighted by Gasteiger charge is -2.05. The van der Waals surface area contributed by atoms with E-state index in [0.29, 0.717) is 16.7 Å². The maximum atomic E-state index is 13.7. The van der Waals surface area contributed by atoms with E-state index in [4.69, 9.17) is 0 Å². The van der Waals surface area contributed by atoms with Crippen LogP contribution in [0.25, 0.3) is 0 Å². The summed E-state index contributed by atoms with van der Waals surface area (Å²) in [5.74, 6) is -0.341. The quantitative estimate of drug-likeness (QED) is 0.736. The number of aryl methyl sites for hydroxylation is 1. The van der Waals surface area contributed by atoms with Gasteiger partial charge >= 0.3 is 0 Å². The maximum Gasteiger partial charge on any atom is 0.167 e. The summed E-state index contributed by atoms with van der Waals surface area (Å²) < 4.78 is 13.7. The molecule has 2 aromatic rings. The molecule has 0 aliphatic heterocycles. The number of Topliss-reactive ketones (excluding diaryl/α,β-unsaturated/α-hetero) is 1. The van der Waals surface area contributed by atoms with Crippen LogP contribution in [0, 0.1) is 12.7 Å². The van der Waals surface area contributed by atoms with Crippen molar-refractivity contribution in [3.8, 4) is 0 Å². The van der Waals surface area contributed by atoms with E-state index in [9.17, 15) is 9.18 Å². The molecule has 0 bridgehead atoms. The van der Waals surface area contributed by atoms with Crippen LogP contribution in [0.3, 0.4) is 0 Å². The van der Waals surface area contributed by atoms with Gasteiger partial charge in [0.1, 0.15) is 5.82 Å². The van der Waals surface area contributed by atoms with Crippen LogP contribution >= 0.6 is 0 Å². The van der Waals surface area contributed by atoms with Crippen molar-refractivity contribution in [3.63, 3.8) is 0 Å². The minimum Gasteiger partial charge on any atom is -0.294 e. The fourth-order valence-electron chi connectivity index (χ4n) is 1.74. The van der Waals surface area contributed by atoms with E-state index in [1.54, 1.807) is 49.4 Å². The highest BCUT2D eigenvalue weighted by Crippen LogP contribution is 2.14. The third-order valence-electron chi connectivity index (χ3n) is 2.72. The van der Waals surface area contributed by atoms with E-state index in [1.165, 1.54) is 0 Å². The Morgan fingerprint density at radius 1 is 1.00 bits per heavy atom. The van der Waals surface area contributed by atoms with Gasteiger partial charge in [-0.05, 0) is 18.1 Å². The van der Waals surface area contributed by atoms with Crippen molar-refractivity contribution in [2.45, 2.75) is 27.2 Å². The molecule has 0 N–H and O–H groups in total. The van der Waals surface area contributed by atoms with Gasteiger partial charge in [0, 0.05) is 12.0 Å². The van der Waals surface area contributed by atoms with Crippen LogP contribution in [0.15, 0.2) is 48.5 Å². The molecule has 0 radical (unpaired) electrons. The number of ketones is 1. The Bertz CT molecular complexity index is 532. The third kappa shape index (κ3) is 4.02. The highest BCUT2D eigenvalue weighted by Gasteiger charge is 2.11. The molecule has 19 heavy (non-hydrogen) atoms. The molecular formula is C17H19FO. The van der Waals surface area contributed by atoms with Crippen LogP contribution in [0.4, 0.5) is 4.39 Å². The summed E-state index contributed by atoms with van der Waals surface area (Å²) in [6.45, 7) is 5.70. The molecular weight excluding hydrogens is 239 g/mol. The summed E-state index contributed by atoms with van der Waals surface area (Å²) in [5, 5.41) is 0. The van der Waals surface area contributed by atoms with Crippen LogP contribution < -0.4 is 0 Å². The van der Waals surface area contributed by atoms with Gasteiger partial charge < -0.3 is 0 Å². The van der Waals surface area contributed by atoms with Crippen molar-refractivity contribution >= 4 is 5.78 Å². The average Bonchev–Trinajstić information content (AvgIpc) is 2.47. The van der Waals surface area contributed by atoms with Crippen LogP contribution in [-0.2, 0) is 6.42 Å². The molecule has 0 heterocycles. The van der Waals surface area contributed by atoms with Gasteiger partial charge in [-0.3, -0.25) is 4.79 Å². The molecule has 2 rings (SSSR count). The molecule has 0 saturated heterocycles. The second-order valence-corrected chi connectivity index (χ2v) is 4.01. The largest absolute Gasteiger partial charge is 0.294 e. The topological polar surface area (TPSA) is 17.1 Å². The van der Waals surface area contributed by atoms with Crippen molar-refractivity contribution < 1.29 is 9.18 Å². The van der Waals surface area contributed by atoms with Gasteiger partial charge in [0.25, 0.3) is 0 Å². The lowest BCUT2D eigenvalue weighted by atomic mass is 10.0. The van der Waals surface area contributed by atoms with Crippen molar-refractivity contribution in [3.05, 3.63) is 71.0 Å². The third-order valence-corrected chi connectivity index (χ3v) is 2.72. The summed E-state index contributed by atoms with van der Waals surface area (Å²) in [4.78, 5) is 11.9. The minimum atomic E-state index is -0.281. The van der Waals surface area contributed by atoms with E-state index in [2.05, 4.69) is 0 Å². The molecule has 100 valence electrons. The van der Waals surface area contributed by atoms with Crippen molar-refractivity contribution in [2.75, 3.05) is 0 Å². The lowest BCUT2D eigenvalue weighted by molar-refractivity contribution is 0.0992. The fraction of sp³-hybridized carbons (Fsp3) is 0.235. The normalized spacial score (nSPS) is 9.47. The molecule has 0 aromatic heterocycles. The second kappa shape index (κ2) is 7.47. The average molecular weight is 258 g/mol. The highest BCUT2D eigenvalue weighted by molar-refractivity contribution is 5.97. The number of rotatable bonds is 3. The van der Waals surface area contributed by atoms with Gasteiger partial charge in [0.2, 0.25) is 0 Å². The minimum absolute atomic E-state index is 0.0601. The Kier molecular flexibility index (Phi) is 5.94. The molecule has 2 aromatic carbocycles. The van der Waals surface area contributed by atoms with E-state index >= 15 is 0 Å². The first-order valence-electron chi connectivity index (χ1n) is 6.50. The molecule has 2 heteroatoms. The fourth-order valence-corrected chi connectivity index (χ4v) is 1.74. The number of halogens is 1. The Balaban J connectivity index is 0.000000861. The zero-order chi connectivity index (χ0) is 14.3.